The maximum absolute atomic E-state index is 12.5. The van der Waals surface area contributed by atoms with Crippen molar-refractivity contribution in [1.29, 1.82) is 0 Å². The number of carbonyl (C=O) groups is 2. The lowest BCUT2D eigenvalue weighted by molar-refractivity contribution is 0.0635. The largest absolute Gasteiger partial charge is 0.444 e. The summed E-state index contributed by atoms with van der Waals surface area (Å²) in [6.07, 6.45) is 4.39. The molecule has 2 atom stereocenters. The van der Waals surface area contributed by atoms with Crippen LogP contribution in [0.5, 0.6) is 0 Å². The highest BCUT2D eigenvalue weighted by atomic mass is 32.1. The Kier molecular flexibility index (Phi) is 6.43. The van der Waals surface area contributed by atoms with Crippen molar-refractivity contribution in [3.63, 3.8) is 0 Å². The van der Waals surface area contributed by atoms with Crippen molar-refractivity contribution in [2.45, 2.75) is 65.9 Å². The summed E-state index contributed by atoms with van der Waals surface area (Å²) in [4.78, 5) is 29.1. The van der Waals surface area contributed by atoms with Crippen molar-refractivity contribution in [2.24, 2.45) is 11.8 Å². The van der Waals surface area contributed by atoms with E-state index in [1.807, 2.05) is 0 Å². The Morgan fingerprint density at radius 1 is 1.28 bits per heavy atom. The summed E-state index contributed by atoms with van der Waals surface area (Å²) in [7, 11) is 0. The summed E-state index contributed by atoms with van der Waals surface area (Å²) in [6, 6.07) is 0. The highest BCUT2D eigenvalue weighted by Gasteiger charge is 2.24. The second-order valence-electron chi connectivity index (χ2n) is 7.79. The fourth-order valence-electron chi connectivity index (χ4n) is 3.05. The van der Waals surface area contributed by atoms with E-state index in [2.05, 4.69) is 22.5 Å². The molecule has 0 spiro atoms. The van der Waals surface area contributed by atoms with Gasteiger partial charge in [-0.05, 0) is 46.0 Å². The molecule has 2 N–H and O–H groups in total. The summed E-state index contributed by atoms with van der Waals surface area (Å²) < 4.78 is 5.21. The number of aromatic nitrogens is 1. The predicted octanol–water partition coefficient (Wildman–Crippen LogP) is 4.35. The standard InChI is InChI=1S/C18H29N3O3S/c1-11-8-6-7-9-13(11)10-19-15(22)14-12(2)20-16(25-14)21-17(23)24-18(3,4)5/h11,13H,6-10H2,1-5H3,(H,19,22)(H,20,21,23). The molecule has 1 aromatic heterocycles. The minimum Gasteiger partial charge on any atom is -0.444 e. The minimum absolute atomic E-state index is 0.120. The number of hydrogen-bond donors (Lipinski definition) is 2. The molecule has 1 fully saturated rings. The van der Waals surface area contributed by atoms with E-state index in [1.165, 1.54) is 37.0 Å². The number of rotatable bonds is 4. The van der Waals surface area contributed by atoms with Crippen LogP contribution in [0.1, 0.15) is 68.7 Å². The Hall–Kier alpha value is -1.63. The molecule has 1 aliphatic carbocycles. The van der Waals surface area contributed by atoms with Crippen LogP contribution in [0.4, 0.5) is 9.93 Å². The number of thiazole rings is 1. The lowest BCUT2D eigenvalue weighted by atomic mass is 9.80. The van der Waals surface area contributed by atoms with Crippen molar-refractivity contribution in [2.75, 3.05) is 11.9 Å². The van der Waals surface area contributed by atoms with Crippen LogP contribution in [-0.2, 0) is 4.74 Å². The summed E-state index contributed by atoms with van der Waals surface area (Å²) in [5.74, 6) is 1.08. The Labute approximate surface area is 153 Å². The highest BCUT2D eigenvalue weighted by Crippen LogP contribution is 2.29. The van der Waals surface area contributed by atoms with Crippen LogP contribution < -0.4 is 10.6 Å². The molecule has 0 aromatic carbocycles. The first-order chi connectivity index (χ1) is 11.7. The van der Waals surface area contributed by atoms with Gasteiger partial charge in [0.2, 0.25) is 0 Å². The van der Waals surface area contributed by atoms with E-state index in [0.717, 1.165) is 0 Å². The van der Waals surface area contributed by atoms with Gasteiger partial charge in [0.15, 0.2) is 5.13 Å². The monoisotopic (exact) mass is 367 g/mol. The topological polar surface area (TPSA) is 80.3 Å². The van der Waals surface area contributed by atoms with Gasteiger partial charge in [-0.15, -0.1) is 0 Å². The molecule has 1 aliphatic rings. The number of hydrogen-bond acceptors (Lipinski definition) is 5. The van der Waals surface area contributed by atoms with Crippen molar-refractivity contribution in [1.82, 2.24) is 10.3 Å². The van der Waals surface area contributed by atoms with Gasteiger partial charge in [0.1, 0.15) is 10.5 Å². The Bertz CT molecular complexity index is 622. The first-order valence-corrected chi connectivity index (χ1v) is 9.73. The van der Waals surface area contributed by atoms with Crippen LogP contribution in [0.2, 0.25) is 0 Å². The van der Waals surface area contributed by atoms with Gasteiger partial charge in [-0.25, -0.2) is 9.78 Å². The lowest BCUT2D eigenvalue weighted by Crippen LogP contribution is -2.33. The molecule has 1 saturated carbocycles. The molecule has 0 aliphatic heterocycles. The number of aryl methyl sites for hydroxylation is 1. The van der Waals surface area contributed by atoms with Gasteiger partial charge in [-0.2, -0.15) is 0 Å². The molecular weight excluding hydrogens is 338 g/mol. The molecule has 7 heteroatoms. The number of anilines is 1. The predicted molar refractivity (Wildman–Crippen MR) is 100 cm³/mol. The molecule has 2 rings (SSSR count). The Morgan fingerprint density at radius 3 is 2.60 bits per heavy atom. The second-order valence-corrected chi connectivity index (χ2v) is 8.79. The third-order valence-electron chi connectivity index (χ3n) is 4.42. The molecule has 0 saturated heterocycles. The van der Waals surface area contributed by atoms with E-state index in [1.54, 1.807) is 27.7 Å². The quantitative estimate of drug-likeness (QED) is 0.829. The van der Waals surface area contributed by atoms with Gasteiger partial charge in [0.25, 0.3) is 5.91 Å². The summed E-state index contributed by atoms with van der Waals surface area (Å²) in [5, 5.41) is 6.00. The number of ether oxygens (including phenoxy) is 1. The molecular formula is C18H29N3O3S. The zero-order chi connectivity index (χ0) is 18.6. The maximum atomic E-state index is 12.5. The molecule has 2 unspecified atom stereocenters. The van der Waals surface area contributed by atoms with Crippen LogP contribution in [0.25, 0.3) is 0 Å². The van der Waals surface area contributed by atoms with Crippen molar-refractivity contribution < 1.29 is 14.3 Å². The molecule has 1 aromatic rings. The number of nitrogens with zero attached hydrogens (tertiary/aromatic N) is 1. The molecule has 140 valence electrons. The highest BCUT2D eigenvalue weighted by molar-refractivity contribution is 7.17. The number of amides is 2. The van der Waals surface area contributed by atoms with E-state index in [0.29, 0.717) is 34.1 Å². The van der Waals surface area contributed by atoms with E-state index < -0.39 is 11.7 Å². The average molecular weight is 368 g/mol. The van der Waals surface area contributed by atoms with Gasteiger partial charge in [-0.1, -0.05) is 37.5 Å². The third kappa shape index (κ3) is 5.99. The maximum Gasteiger partial charge on any atom is 0.413 e. The van der Waals surface area contributed by atoms with Crippen LogP contribution >= 0.6 is 11.3 Å². The van der Waals surface area contributed by atoms with Crippen LogP contribution in [0, 0.1) is 18.8 Å². The zero-order valence-electron chi connectivity index (χ0n) is 15.8. The van der Waals surface area contributed by atoms with E-state index >= 15 is 0 Å². The van der Waals surface area contributed by atoms with Gasteiger partial charge in [-0.3, -0.25) is 10.1 Å². The number of carbonyl (C=O) groups excluding carboxylic acids is 2. The van der Waals surface area contributed by atoms with Crippen LogP contribution in [-0.4, -0.2) is 29.1 Å². The van der Waals surface area contributed by atoms with Crippen molar-refractivity contribution in [3.05, 3.63) is 10.6 Å². The van der Waals surface area contributed by atoms with Gasteiger partial charge in [0, 0.05) is 6.54 Å². The van der Waals surface area contributed by atoms with Crippen LogP contribution in [0.3, 0.4) is 0 Å². The van der Waals surface area contributed by atoms with Gasteiger partial charge < -0.3 is 10.1 Å². The smallest absolute Gasteiger partial charge is 0.413 e. The first kappa shape index (κ1) is 19.7. The Balaban J connectivity index is 1.92. The van der Waals surface area contributed by atoms with Crippen LogP contribution in [0.15, 0.2) is 0 Å². The molecule has 0 radical (unpaired) electrons. The summed E-state index contributed by atoms with van der Waals surface area (Å²) in [6.45, 7) is 10.1. The van der Waals surface area contributed by atoms with Gasteiger partial charge >= 0.3 is 6.09 Å². The fourth-order valence-corrected chi connectivity index (χ4v) is 3.92. The third-order valence-corrected chi connectivity index (χ3v) is 5.50. The first-order valence-electron chi connectivity index (χ1n) is 8.91. The van der Waals surface area contributed by atoms with E-state index in [4.69, 9.17) is 4.74 Å². The van der Waals surface area contributed by atoms with Crippen molar-refractivity contribution >= 4 is 28.5 Å². The second kappa shape index (κ2) is 8.17. The Morgan fingerprint density at radius 2 is 1.96 bits per heavy atom. The summed E-state index contributed by atoms with van der Waals surface area (Å²) >= 11 is 1.17. The lowest BCUT2D eigenvalue weighted by Gasteiger charge is -2.28. The molecule has 2 amide bonds. The van der Waals surface area contributed by atoms with E-state index in [9.17, 15) is 9.59 Å². The fraction of sp³-hybridized carbons (Fsp3) is 0.722. The van der Waals surface area contributed by atoms with E-state index in [-0.39, 0.29) is 5.91 Å². The SMILES string of the molecule is Cc1nc(NC(=O)OC(C)(C)C)sc1C(=O)NCC1CCCCC1C. The molecule has 6 nitrogen and oxygen atoms in total. The minimum atomic E-state index is -0.576. The molecule has 0 bridgehead atoms. The average Bonchev–Trinajstić information content (AvgIpc) is 2.84. The van der Waals surface area contributed by atoms with Gasteiger partial charge in [0.05, 0.1) is 5.69 Å². The van der Waals surface area contributed by atoms with Crippen molar-refractivity contribution in [3.8, 4) is 0 Å². The zero-order valence-corrected chi connectivity index (χ0v) is 16.6. The molecule has 1 heterocycles. The summed E-state index contributed by atoms with van der Waals surface area (Å²) in [5.41, 5.74) is 0.0399. The normalized spacial score (nSPS) is 20.8. The molecule has 25 heavy (non-hydrogen) atoms. The number of nitrogens with one attached hydrogen (secondary N) is 2.